The van der Waals surface area contributed by atoms with Crippen molar-refractivity contribution < 1.29 is 33.1 Å². The van der Waals surface area contributed by atoms with Crippen molar-refractivity contribution in [1.29, 1.82) is 0 Å². The topological polar surface area (TPSA) is 78.9 Å². The van der Waals surface area contributed by atoms with Gasteiger partial charge in [0.05, 0.1) is 21.1 Å². The highest BCUT2D eigenvalue weighted by molar-refractivity contribution is 5.71. The van der Waals surface area contributed by atoms with E-state index < -0.39 is 5.54 Å². The second-order valence-electron chi connectivity index (χ2n) is 28.3. The molecule has 0 heterocycles. The van der Waals surface area contributed by atoms with Gasteiger partial charge in [-0.15, -0.1) is 0 Å². The fourth-order valence-electron chi connectivity index (χ4n) is 11.1. The number of hydrogen-bond acceptors (Lipinski definition) is 6. The molecule has 0 rings (SSSR count). The summed E-state index contributed by atoms with van der Waals surface area (Å²) in [4.78, 5) is 40.7. The average Bonchev–Trinajstić information content (AvgIpc) is 3.28. The van der Waals surface area contributed by atoms with Crippen molar-refractivity contribution in [3.05, 3.63) is 0 Å². The van der Waals surface area contributed by atoms with Crippen molar-refractivity contribution in [3.63, 3.8) is 0 Å². The Morgan fingerprint density at radius 1 is 0.284 bits per heavy atom. The highest BCUT2D eigenvalue weighted by Gasteiger charge is 2.48. The first-order valence-electron chi connectivity index (χ1n) is 32.0. The first-order chi connectivity index (χ1) is 34.7. The summed E-state index contributed by atoms with van der Waals surface area (Å²) >= 11 is 0. The number of carbonyl (C=O) groups excluding carboxylic acids is 3. The van der Waals surface area contributed by atoms with Gasteiger partial charge in [-0.25, -0.2) is 0 Å². The van der Waals surface area contributed by atoms with Gasteiger partial charge in [-0.3, -0.25) is 14.4 Å². The number of likely N-dealkylation sites (N-methyl/N-ethyl adjacent to an activating group) is 1. The number of quaternary nitrogens is 1. The van der Waals surface area contributed by atoms with Crippen molar-refractivity contribution in [2.45, 2.75) is 302 Å². The summed E-state index contributed by atoms with van der Waals surface area (Å²) in [5.74, 6) is 6.81. The van der Waals surface area contributed by atoms with Crippen LogP contribution in [-0.2, 0) is 28.6 Å². The fraction of sp³-hybridized carbons (Fsp3) is 0.955. The molecule has 0 aliphatic rings. The van der Waals surface area contributed by atoms with Crippen LogP contribution in [0.15, 0.2) is 0 Å². The number of nitrogens with zero attached hydrogens (tertiary/aromatic N) is 1. The van der Waals surface area contributed by atoms with Gasteiger partial charge in [-0.2, -0.15) is 0 Å². The van der Waals surface area contributed by atoms with E-state index in [1.54, 1.807) is 0 Å². The van der Waals surface area contributed by atoms with Gasteiger partial charge in [0.15, 0.2) is 19.8 Å². The van der Waals surface area contributed by atoms with Crippen LogP contribution in [0.1, 0.15) is 296 Å². The molecule has 0 amide bonds. The summed E-state index contributed by atoms with van der Waals surface area (Å²) in [5.41, 5.74) is -0.958. The van der Waals surface area contributed by atoms with Gasteiger partial charge in [0.25, 0.3) is 0 Å². The number of rotatable bonds is 49. The van der Waals surface area contributed by atoms with Crippen LogP contribution in [0.25, 0.3) is 0 Å². The highest BCUT2D eigenvalue weighted by Crippen LogP contribution is 2.29. The van der Waals surface area contributed by atoms with Crippen LogP contribution in [0.3, 0.4) is 0 Å². The summed E-state index contributed by atoms with van der Waals surface area (Å²) in [6, 6.07) is 0. The lowest BCUT2D eigenvalue weighted by atomic mass is 9.91. The quantitative estimate of drug-likeness (QED) is 0.0343. The molecule has 0 fully saturated rings. The molecule has 440 valence electrons. The molecule has 0 aliphatic carbocycles. The molecule has 7 nitrogen and oxygen atoms in total. The van der Waals surface area contributed by atoms with E-state index in [4.69, 9.17) is 14.2 Å². The molecule has 0 radical (unpaired) electrons. The Morgan fingerprint density at radius 3 is 0.608 bits per heavy atom. The van der Waals surface area contributed by atoms with Gasteiger partial charge < -0.3 is 18.7 Å². The van der Waals surface area contributed by atoms with E-state index in [0.29, 0.717) is 41.5 Å². The minimum absolute atomic E-state index is 0.00384. The van der Waals surface area contributed by atoms with E-state index in [9.17, 15) is 14.4 Å². The fourth-order valence-corrected chi connectivity index (χ4v) is 11.1. The number of carbonyl (C=O) groups is 3. The predicted octanol–water partition coefficient (Wildman–Crippen LogP) is 19.5. The molecule has 0 aromatic heterocycles. The van der Waals surface area contributed by atoms with Crippen molar-refractivity contribution in [3.8, 4) is 0 Å². The zero-order chi connectivity index (χ0) is 56.1. The Labute approximate surface area is 463 Å². The first kappa shape index (κ1) is 72.4. The lowest BCUT2D eigenvalue weighted by Crippen LogP contribution is -2.65. The van der Waals surface area contributed by atoms with E-state index in [1.807, 2.05) is 21.1 Å². The van der Waals surface area contributed by atoms with E-state index in [-0.39, 0.29) is 55.5 Å². The Balaban J connectivity index is 5.42. The molecule has 0 aliphatic heterocycles. The van der Waals surface area contributed by atoms with Crippen molar-refractivity contribution in [1.82, 2.24) is 0 Å². The van der Waals surface area contributed by atoms with Gasteiger partial charge in [-0.1, -0.05) is 277 Å². The lowest BCUT2D eigenvalue weighted by Gasteiger charge is -2.44. The maximum absolute atomic E-state index is 13.6. The Kier molecular flexibility index (Phi) is 41.4. The minimum atomic E-state index is -0.958. The van der Waals surface area contributed by atoms with Gasteiger partial charge >= 0.3 is 17.9 Å². The monoisotopic (exact) mass is 1050 g/mol. The maximum atomic E-state index is 13.6. The molecule has 0 saturated carbocycles. The molecule has 0 aromatic rings. The maximum Gasteiger partial charge on any atom is 0.306 e. The SMILES string of the molecule is CC(C)CCCC(C)CCCC(C)CCCC(C)CC(=O)OCC(COC(=O)CC(C)CCCC(C)CCCC(C)CCCC(C)C)(COC(=O)CC(C)CCCC(C)CCCC(C)CCCC(C)C)[N+](C)(C)C. The second kappa shape index (κ2) is 42.3. The summed E-state index contributed by atoms with van der Waals surface area (Å²) in [5, 5.41) is 0. The van der Waals surface area contributed by atoms with E-state index in [1.165, 1.54) is 135 Å². The van der Waals surface area contributed by atoms with Gasteiger partial charge in [0.1, 0.15) is 0 Å². The molecular weight excluding hydrogens is 915 g/mol. The van der Waals surface area contributed by atoms with E-state index in [0.717, 1.165) is 74.0 Å². The lowest BCUT2D eigenvalue weighted by molar-refractivity contribution is -0.925. The van der Waals surface area contributed by atoms with E-state index >= 15 is 0 Å². The van der Waals surface area contributed by atoms with Crippen LogP contribution in [0.4, 0.5) is 0 Å². The minimum Gasteiger partial charge on any atom is -0.459 e. The summed E-state index contributed by atoms with van der Waals surface area (Å²) < 4.78 is 18.7. The number of esters is 3. The second-order valence-corrected chi connectivity index (χ2v) is 28.3. The highest BCUT2D eigenvalue weighted by atomic mass is 16.6. The molecule has 9 unspecified atom stereocenters. The van der Waals surface area contributed by atoms with Crippen molar-refractivity contribution >= 4 is 17.9 Å². The van der Waals surface area contributed by atoms with Crippen LogP contribution < -0.4 is 0 Å². The van der Waals surface area contributed by atoms with Crippen LogP contribution in [0, 0.1) is 71.0 Å². The smallest absolute Gasteiger partial charge is 0.306 e. The van der Waals surface area contributed by atoms with E-state index in [2.05, 4.69) is 104 Å². The molecule has 0 saturated heterocycles. The molecule has 74 heavy (non-hydrogen) atoms. The third kappa shape index (κ3) is 40.6. The predicted molar refractivity (Wildman–Crippen MR) is 319 cm³/mol. The largest absolute Gasteiger partial charge is 0.459 e. The summed E-state index contributed by atoms with van der Waals surface area (Å²) in [7, 11) is 6.05. The molecular formula is C67H132NO6+. The summed E-state index contributed by atoms with van der Waals surface area (Å²) in [6.45, 7) is 34.8. The molecule has 0 aromatic carbocycles. The Hall–Kier alpha value is -1.63. The zero-order valence-electron chi connectivity index (χ0n) is 53.2. The third-order valence-electron chi connectivity index (χ3n) is 17.3. The molecule has 0 N–H and O–H groups in total. The molecule has 0 bridgehead atoms. The van der Waals surface area contributed by atoms with Gasteiger partial charge in [0, 0.05) is 19.3 Å². The normalized spacial score (nSPS) is 16.8. The standard InChI is InChI=1S/C67H132NO6/c1-52(2)28-19-31-55(7)34-22-37-58(10)40-25-43-61(13)46-64(69)72-49-67(68(16,17)18,50-73-65(70)47-62(14)44-26-41-59(11)38-23-35-56(8)32-20-29-53(3)4)51-74-66(71)48-63(15)45-27-42-60(12)39-24-36-57(9)33-21-30-54(5)6/h52-63H,19-51H2,1-18H3/q+1. The summed E-state index contributed by atoms with van der Waals surface area (Å²) in [6.07, 6.45) is 34.7. The Bertz CT molecular complexity index is 1220. The molecule has 9 atom stereocenters. The van der Waals surface area contributed by atoms with Crippen LogP contribution in [-0.4, -0.2) is 68.9 Å². The third-order valence-corrected chi connectivity index (χ3v) is 17.3. The van der Waals surface area contributed by atoms with Crippen LogP contribution in [0.5, 0.6) is 0 Å². The van der Waals surface area contributed by atoms with Crippen molar-refractivity contribution in [2.24, 2.45) is 71.0 Å². The first-order valence-corrected chi connectivity index (χ1v) is 32.0. The van der Waals surface area contributed by atoms with Crippen LogP contribution >= 0.6 is 0 Å². The molecule has 0 spiro atoms. The average molecular weight is 1050 g/mol. The number of hydrogen-bond donors (Lipinski definition) is 0. The Morgan fingerprint density at radius 2 is 0.446 bits per heavy atom. The number of ether oxygens (including phenoxy) is 3. The van der Waals surface area contributed by atoms with Gasteiger partial charge in [0.2, 0.25) is 5.54 Å². The van der Waals surface area contributed by atoms with Gasteiger partial charge in [-0.05, 0) is 71.0 Å². The molecule has 7 heteroatoms. The van der Waals surface area contributed by atoms with Crippen molar-refractivity contribution in [2.75, 3.05) is 41.0 Å². The van der Waals surface area contributed by atoms with Crippen LogP contribution in [0.2, 0.25) is 0 Å². The zero-order valence-corrected chi connectivity index (χ0v) is 53.2.